The highest BCUT2D eigenvalue weighted by molar-refractivity contribution is 8.14. The van der Waals surface area contributed by atoms with E-state index in [1.165, 1.54) is 6.92 Å². The number of amides is 2. The van der Waals surface area contributed by atoms with Crippen LogP contribution in [0.1, 0.15) is 19.8 Å². The van der Waals surface area contributed by atoms with Crippen LogP contribution < -0.4 is 5.32 Å². The number of rotatable bonds is 3. The molecule has 0 aromatic carbocycles. The Morgan fingerprint density at radius 3 is 2.46 bits per heavy atom. The summed E-state index contributed by atoms with van der Waals surface area (Å²) in [6.07, 6.45) is 1.75. The highest BCUT2D eigenvalue weighted by Gasteiger charge is 2.30. The van der Waals surface area contributed by atoms with E-state index in [9.17, 15) is 14.4 Å². The normalized spacial score (nSPS) is 15.2. The number of carbonyl (C=O) groups is 3. The first-order valence-corrected chi connectivity index (χ1v) is 5.05. The van der Waals surface area contributed by atoms with Crippen LogP contribution in [0.5, 0.6) is 0 Å². The maximum absolute atomic E-state index is 11.0. The van der Waals surface area contributed by atoms with Crippen molar-refractivity contribution in [2.45, 2.75) is 19.8 Å². The van der Waals surface area contributed by atoms with E-state index >= 15 is 0 Å². The van der Waals surface area contributed by atoms with Crippen molar-refractivity contribution in [3.63, 3.8) is 0 Å². The minimum Gasteiger partial charge on any atom is -0.295 e. The molecule has 0 atom stereocenters. The molecule has 0 heterocycles. The summed E-state index contributed by atoms with van der Waals surface area (Å²) in [5, 5.41) is 2.13. The second-order valence-electron chi connectivity index (χ2n) is 2.97. The summed E-state index contributed by atoms with van der Waals surface area (Å²) in [6.45, 7) is 1.39. The monoisotopic (exact) mass is 201 g/mol. The molecule has 5 heteroatoms. The predicted molar refractivity (Wildman–Crippen MR) is 49.0 cm³/mol. The Bertz CT molecular complexity index is 248. The van der Waals surface area contributed by atoms with Gasteiger partial charge in [-0.2, -0.15) is 0 Å². The van der Waals surface area contributed by atoms with Crippen LogP contribution in [0.2, 0.25) is 0 Å². The van der Waals surface area contributed by atoms with Crippen LogP contribution in [0.3, 0.4) is 0 Å². The van der Waals surface area contributed by atoms with Gasteiger partial charge in [0.2, 0.25) is 11.8 Å². The molecule has 4 nitrogen and oxygen atoms in total. The lowest BCUT2D eigenvalue weighted by molar-refractivity contribution is -0.129. The third-order valence-corrected chi connectivity index (χ3v) is 2.43. The Morgan fingerprint density at radius 2 is 2.00 bits per heavy atom. The van der Waals surface area contributed by atoms with Gasteiger partial charge in [-0.3, -0.25) is 19.7 Å². The van der Waals surface area contributed by atoms with Gasteiger partial charge >= 0.3 is 0 Å². The van der Waals surface area contributed by atoms with Gasteiger partial charge in [0, 0.05) is 12.8 Å². The number of carbonyl (C=O) groups excluding carboxylic acids is 3. The fraction of sp³-hybridized carbons (Fsp3) is 0.625. The lowest BCUT2D eigenvalue weighted by Crippen LogP contribution is -2.33. The molecule has 0 radical (unpaired) electrons. The van der Waals surface area contributed by atoms with Gasteiger partial charge in [-0.15, -0.1) is 0 Å². The summed E-state index contributed by atoms with van der Waals surface area (Å²) in [5.74, 6) is -0.508. The van der Waals surface area contributed by atoms with Crippen LogP contribution >= 0.6 is 11.8 Å². The standard InChI is InChI=1S/C8H11NO3S/c1-5(10)13-4-7(11)9-8(12)6-2-3-6/h6H,2-4H2,1H3,(H,9,11,12). The van der Waals surface area contributed by atoms with Crippen molar-refractivity contribution in [2.24, 2.45) is 5.92 Å². The highest BCUT2D eigenvalue weighted by Crippen LogP contribution is 2.28. The van der Waals surface area contributed by atoms with E-state index in [0.717, 1.165) is 24.6 Å². The van der Waals surface area contributed by atoms with Crippen LogP contribution in [0.15, 0.2) is 0 Å². The Hall–Kier alpha value is -0.840. The Kier molecular flexibility index (Phi) is 3.48. The molecule has 2 amide bonds. The average Bonchev–Trinajstić information content (AvgIpc) is 2.82. The number of imide groups is 1. The summed E-state index contributed by atoms with van der Waals surface area (Å²) in [6, 6.07) is 0. The van der Waals surface area contributed by atoms with Gasteiger partial charge in [-0.25, -0.2) is 0 Å². The molecule has 0 aliphatic heterocycles. The molecule has 1 aliphatic carbocycles. The molecule has 13 heavy (non-hydrogen) atoms. The molecule has 0 spiro atoms. The molecule has 72 valence electrons. The molecule has 1 N–H and O–H groups in total. The zero-order valence-corrected chi connectivity index (χ0v) is 8.15. The molecule has 1 saturated carbocycles. The Labute approximate surface area is 80.4 Å². The van der Waals surface area contributed by atoms with Crippen LogP contribution in [-0.4, -0.2) is 22.7 Å². The molecule has 0 aromatic rings. The van der Waals surface area contributed by atoms with Crippen molar-refractivity contribution in [3.05, 3.63) is 0 Å². The zero-order valence-electron chi connectivity index (χ0n) is 7.33. The first-order valence-electron chi connectivity index (χ1n) is 4.06. The Balaban J connectivity index is 2.16. The summed E-state index contributed by atoms with van der Waals surface area (Å²) < 4.78 is 0. The second kappa shape index (κ2) is 4.41. The molecule has 1 aliphatic rings. The molecule has 0 bridgehead atoms. The van der Waals surface area contributed by atoms with Gasteiger partial charge in [0.15, 0.2) is 5.12 Å². The molecule has 1 rings (SSSR count). The molecule has 0 aromatic heterocycles. The minimum absolute atomic E-state index is 0.0336. The van der Waals surface area contributed by atoms with Gasteiger partial charge in [0.05, 0.1) is 5.75 Å². The Morgan fingerprint density at radius 1 is 1.38 bits per heavy atom. The highest BCUT2D eigenvalue weighted by atomic mass is 32.2. The summed E-state index contributed by atoms with van der Waals surface area (Å²) in [7, 11) is 0. The molecule has 0 unspecified atom stereocenters. The third-order valence-electron chi connectivity index (χ3n) is 1.62. The quantitative estimate of drug-likeness (QED) is 0.714. The molecule has 1 fully saturated rings. The van der Waals surface area contributed by atoms with E-state index in [4.69, 9.17) is 0 Å². The van der Waals surface area contributed by atoms with Gasteiger partial charge in [0.1, 0.15) is 0 Å². The smallest absolute Gasteiger partial charge is 0.237 e. The van der Waals surface area contributed by atoms with Crippen LogP contribution in [0.4, 0.5) is 0 Å². The lowest BCUT2D eigenvalue weighted by Gasteiger charge is -2.00. The number of hydrogen-bond donors (Lipinski definition) is 1. The fourth-order valence-corrected chi connectivity index (χ4v) is 1.19. The SMILES string of the molecule is CC(=O)SCC(=O)NC(=O)C1CC1. The summed E-state index contributed by atoms with van der Waals surface area (Å²) >= 11 is 0.910. The molecular weight excluding hydrogens is 190 g/mol. The van der Waals surface area contributed by atoms with Crippen molar-refractivity contribution >= 4 is 28.7 Å². The van der Waals surface area contributed by atoms with E-state index in [1.807, 2.05) is 0 Å². The van der Waals surface area contributed by atoms with Crippen molar-refractivity contribution in [1.82, 2.24) is 5.32 Å². The minimum atomic E-state index is -0.378. The maximum Gasteiger partial charge on any atom is 0.237 e. The third kappa shape index (κ3) is 4.07. The van der Waals surface area contributed by atoms with Crippen molar-refractivity contribution in [1.29, 1.82) is 0 Å². The van der Waals surface area contributed by atoms with Gasteiger partial charge < -0.3 is 0 Å². The van der Waals surface area contributed by atoms with Crippen LogP contribution in [0.25, 0.3) is 0 Å². The zero-order chi connectivity index (χ0) is 9.84. The number of hydrogen-bond acceptors (Lipinski definition) is 4. The van der Waals surface area contributed by atoms with Crippen molar-refractivity contribution in [2.75, 3.05) is 5.75 Å². The van der Waals surface area contributed by atoms with Crippen molar-refractivity contribution < 1.29 is 14.4 Å². The number of nitrogens with one attached hydrogen (secondary N) is 1. The predicted octanol–water partition coefficient (Wildman–Crippen LogP) is 0.319. The van der Waals surface area contributed by atoms with E-state index in [1.54, 1.807) is 0 Å². The molecular formula is C8H11NO3S. The largest absolute Gasteiger partial charge is 0.295 e. The number of thioether (sulfide) groups is 1. The van der Waals surface area contributed by atoms with Gasteiger partial charge in [-0.1, -0.05) is 11.8 Å². The van der Waals surface area contributed by atoms with Gasteiger partial charge in [0.25, 0.3) is 0 Å². The fourth-order valence-electron chi connectivity index (χ4n) is 0.788. The maximum atomic E-state index is 11.0. The first-order chi connectivity index (χ1) is 6.09. The van der Waals surface area contributed by atoms with E-state index in [0.29, 0.717) is 0 Å². The average molecular weight is 201 g/mol. The second-order valence-corrected chi connectivity index (χ2v) is 4.12. The van der Waals surface area contributed by atoms with Gasteiger partial charge in [-0.05, 0) is 12.8 Å². The van der Waals surface area contributed by atoms with Crippen LogP contribution in [-0.2, 0) is 14.4 Å². The summed E-state index contributed by atoms with van der Waals surface area (Å²) in [4.78, 5) is 32.5. The first kappa shape index (κ1) is 10.2. The van der Waals surface area contributed by atoms with Crippen LogP contribution in [0, 0.1) is 5.92 Å². The van der Waals surface area contributed by atoms with E-state index in [-0.39, 0.29) is 28.6 Å². The van der Waals surface area contributed by atoms with Crippen molar-refractivity contribution in [3.8, 4) is 0 Å². The van der Waals surface area contributed by atoms with E-state index in [2.05, 4.69) is 5.32 Å². The summed E-state index contributed by atoms with van der Waals surface area (Å²) in [5.41, 5.74) is 0. The topological polar surface area (TPSA) is 63.2 Å². The lowest BCUT2D eigenvalue weighted by atomic mass is 10.4. The molecule has 0 saturated heterocycles. The van der Waals surface area contributed by atoms with E-state index < -0.39 is 0 Å².